The number of ether oxygens (including phenoxy) is 2. The van der Waals surface area contributed by atoms with Gasteiger partial charge in [0, 0.05) is 25.4 Å². The molecule has 0 spiro atoms. The van der Waals surface area contributed by atoms with Gasteiger partial charge in [-0.2, -0.15) is 10.1 Å². The number of amides is 1. The van der Waals surface area contributed by atoms with Crippen molar-refractivity contribution in [2.24, 2.45) is 0 Å². The molecule has 0 bridgehead atoms. The third kappa shape index (κ3) is 5.74. The zero-order valence-electron chi connectivity index (χ0n) is 17.2. The predicted molar refractivity (Wildman–Crippen MR) is 110 cm³/mol. The number of carboxylic acid groups (broad SMARTS) is 1. The lowest BCUT2D eigenvalue weighted by Crippen LogP contribution is -2.29. The highest BCUT2D eigenvalue weighted by atomic mass is 16.5. The van der Waals surface area contributed by atoms with Crippen molar-refractivity contribution in [1.29, 1.82) is 0 Å². The van der Waals surface area contributed by atoms with Crippen LogP contribution in [0, 0.1) is 0 Å². The maximum atomic E-state index is 12.3. The van der Waals surface area contributed by atoms with E-state index < -0.39 is 6.09 Å². The number of carbonyl (C=O) groups is 1. The van der Waals surface area contributed by atoms with E-state index in [0.29, 0.717) is 31.1 Å². The van der Waals surface area contributed by atoms with Crippen LogP contribution in [0.15, 0.2) is 45.7 Å². The maximum absolute atomic E-state index is 12.3. The van der Waals surface area contributed by atoms with E-state index in [1.165, 1.54) is 21.7 Å². The van der Waals surface area contributed by atoms with Gasteiger partial charge in [-0.3, -0.25) is 9.69 Å². The summed E-state index contributed by atoms with van der Waals surface area (Å²) in [5.74, 6) is 0.516. The molecule has 0 aliphatic heterocycles. The van der Waals surface area contributed by atoms with E-state index in [2.05, 4.69) is 15.2 Å². The molecule has 31 heavy (non-hydrogen) atoms. The Morgan fingerprint density at radius 1 is 1.26 bits per heavy atom. The summed E-state index contributed by atoms with van der Waals surface area (Å²) >= 11 is 0. The number of rotatable bonds is 10. The van der Waals surface area contributed by atoms with Crippen molar-refractivity contribution in [2.45, 2.75) is 20.1 Å². The zero-order chi connectivity index (χ0) is 22.2. The summed E-state index contributed by atoms with van der Waals surface area (Å²) in [5.41, 5.74) is 1.30. The summed E-state index contributed by atoms with van der Waals surface area (Å²) in [5, 5.41) is 17.5. The molecule has 2 aromatic heterocycles. The molecular weight excluding hydrogens is 406 g/mol. The Kier molecular flexibility index (Phi) is 7.46. The highest BCUT2D eigenvalue weighted by Gasteiger charge is 2.14. The minimum atomic E-state index is -1.05. The first-order valence-corrected chi connectivity index (χ1v) is 9.59. The lowest BCUT2D eigenvalue weighted by atomic mass is 10.2. The van der Waals surface area contributed by atoms with Gasteiger partial charge >= 0.3 is 6.09 Å². The lowest BCUT2D eigenvalue weighted by Gasteiger charge is -2.17. The van der Waals surface area contributed by atoms with Crippen LogP contribution >= 0.6 is 0 Å². The molecule has 0 unspecified atom stereocenters. The normalized spacial score (nSPS) is 10.9. The Hall–Kier alpha value is -3.57. The molecule has 1 amide bonds. The summed E-state index contributed by atoms with van der Waals surface area (Å²) in [4.78, 5) is 29.1. The van der Waals surface area contributed by atoms with Crippen molar-refractivity contribution in [3.63, 3.8) is 0 Å². The number of methoxy groups -OCH3 is 1. The highest BCUT2D eigenvalue weighted by molar-refractivity contribution is 5.85. The third-order valence-electron chi connectivity index (χ3n) is 4.32. The topological polar surface area (TPSA) is 133 Å². The Labute approximate surface area is 177 Å². The Morgan fingerprint density at radius 3 is 2.84 bits per heavy atom. The first kappa shape index (κ1) is 22.1. The lowest BCUT2D eigenvalue weighted by molar-refractivity contribution is 0.0494. The standard InChI is InChI=1S/C20H23N5O6/c1-3-24(20(27)28)15-6-4-5-14(11-15)12-25-18(26)8-7-16(22-25)19-21-17(31-23-19)13-30-10-9-29-2/h4-8,11H,3,9-10,12-13H2,1-2H3,(H,27,28). The number of benzene rings is 1. The van der Waals surface area contributed by atoms with Crippen LogP contribution in [0.1, 0.15) is 18.4 Å². The third-order valence-corrected chi connectivity index (χ3v) is 4.32. The van der Waals surface area contributed by atoms with Crippen molar-refractivity contribution >= 4 is 11.8 Å². The minimum absolute atomic E-state index is 0.139. The van der Waals surface area contributed by atoms with E-state index in [0.717, 1.165) is 5.56 Å². The Bertz CT molecular complexity index is 1080. The molecule has 0 fully saturated rings. The van der Waals surface area contributed by atoms with E-state index in [4.69, 9.17) is 14.0 Å². The van der Waals surface area contributed by atoms with Crippen molar-refractivity contribution in [3.05, 3.63) is 58.2 Å². The van der Waals surface area contributed by atoms with E-state index in [-0.39, 0.29) is 30.4 Å². The molecule has 3 aromatic rings. The van der Waals surface area contributed by atoms with Crippen molar-refractivity contribution < 1.29 is 23.9 Å². The van der Waals surface area contributed by atoms with Gasteiger partial charge in [0.15, 0.2) is 0 Å². The fraction of sp³-hybridized carbons (Fsp3) is 0.350. The molecule has 0 aliphatic carbocycles. The molecule has 164 valence electrons. The second-order valence-electron chi connectivity index (χ2n) is 6.47. The summed E-state index contributed by atoms with van der Waals surface area (Å²) in [6, 6.07) is 9.82. The summed E-state index contributed by atoms with van der Waals surface area (Å²) in [7, 11) is 1.58. The number of nitrogens with zero attached hydrogens (tertiary/aromatic N) is 5. The van der Waals surface area contributed by atoms with Crippen molar-refractivity contribution in [3.8, 4) is 11.5 Å². The van der Waals surface area contributed by atoms with Gasteiger partial charge in [-0.15, -0.1) is 0 Å². The molecular formula is C20H23N5O6. The Balaban J connectivity index is 1.77. The number of hydrogen-bond acceptors (Lipinski definition) is 8. The van der Waals surface area contributed by atoms with Gasteiger partial charge in [-0.1, -0.05) is 17.3 Å². The zero-order valence-corrected chi connectivity index (χ0v) is 17.2. The van der Waals surface area contributed by atoms with Crippen LogP contribution < -0.4 is 10.5 Å². The van der Waals surface area contributed by atoms with Crippen LogP contribution in [0.5, 0.6) is 0 Å². The minimum Gasteiger partial charge on any atom is -0.465 e. The van der Waals surface area contributed by atoms with Gasteiger partial charge in [0.25, 0.3) is 11.4 Å². The molecule has 0 atom stereocenters. The molecule has 0 saturated heterocycles. The van der Waals surface area contributed by atoms with Crippen LogP contribution in [-0.2, 0) is 22.6 Å². The molecule has 11 heteroatoms. The van der Waals surface area contributed by atoms with Crippen LogP contribution in [0.4, 0.5) is 10.5 Å². The second-order valence-corrected chi connectivity index (χ2v) is 6.47. The quantitative estimate of drug-likeness (QED) is 0.480. The second kappa shape index (κ2) is 10.5. The molecule has 1 N–H and O–H groups in total. The fourth-order valence-electron chi connectivity index (χ4n) is 2.82. The Morgan fingerprint density at radius 2 is 2.10 bits per heavy atom. The monoisotopic (exact) mass is 429 g/mol. The van der Waals surface area contributed by atoms with E-state index in [1.54, 1.807) is 38.3 Å². The molecule has 0 saturated carbocycles. The average Bonchev–Trinajstić information content (AvgIpc) is 3.22. The molecule has 1 aromatic carbocycles. The van der Waals surface area contributed by atoms with E-state index in [1.807, 2.05) is 0 Å². The maximum Gasteiger partial charge on any atom is 0.411 e. The van der Waals surface area contributed by atoms with Gasteiger partial charge in [-0.25, -0.2) is 9.48 Å². The van der Waals surface area contributed by atoms with Gasteiger partial charge in [0.05, 0.1) is 19.8 Å². The van der Waals surface area contributed by atoms with E-state index in [9.17, 15) is 14.7 Å². The number of anilines is 1. The SMILES string of the molecule is CCN(C(=O)O)c1cccc(Cn2nc(-c3noc(COCCOC)n3)ccc2=O)c1. The van der Waals surface area contributed by atoms with Crippen molar-refractivity contribution in [1.82, 2.24) is 19.9 Å². The smallest absolute Gasteiger partial charge is 0.411 e. The van der Waals surface area contributed by atoms with Crippen LogP contribution in [0.3, 0.4) is 0 Å². The van der Waals surface area contributed by atoms with Crippen LogP contribution in [-0.4, -0.2) is 58.0 Å². The van der Waals surface area contributed by atoms with Gasteiger partial charge in [-0.05, 0) is 30.7 Å². The van der Waals surface area contributed by atoms with Gasteiger partial charge in [0.2, 0.25) is 5.82 Å². The number of hydrogen-bond donors (Lipinski definition) is 1. The molecule has 2 heterocycles. The highest BCUT2D eigenvalue weighted by Crippen LogP contribution is 2.17. The summed E-state index contributed by atoms with van der Waals surface area (Å²) < 4.78 is 16.7. The first-order chi connectivity index (χ1) is 15.0. The molecule has 0 radical (unpaired) electrons. The van der Waals surface area contributed by atoms with Crippen LogP contribution in [0.25, 0.3) is 11.5 Å². The predicted octanol–water partition coefficient (Wildman–Crippen LogP) is 2.01. The summed E-state index contributed by atoms with van der Waals surface area (Å²) in [6.45, 7) is 3.20. The van der Waals surface area contributed by atoms with Gasteiger partial charge < -0.3 is 19.1 Å². The molecule has 3 rings (SSSR count). The average molecular weight is 429 g/mol. The summed E-state index contributed by atoms with van der Waals surface area (Å²) in [6.07, 6.45) is -1.05. The van der Waals surface area contributed by atoms with Crippen molar-refractivity contribution in [2.75, 3.05) is 31.8 Å². The van der Waals surface area contributed by atoms with Gasteiger partial charge in [0.1, 0.15) is 12.3 Å². The number of aromatic nitrogens is 4. The van der Waals surface area contributed by atoms with Crippen LogP contribution in [0.2, 0.25) is 0 Å². The largest absolute Gasteiger partial charge is 0.465 e. The fourth-order valence-corrected chi connectivity index (χ4v) is 2.82. The first-order valence-electron chi connectivity index (χ1n) is 9.59. The molecule has 11 nitrogen and oxygen atoms in total. The van der Waals surface area contributed by atoms with E-state index >= 15 is 0 Å². The molecule has 0 aliphatic rings.